The number of benzene rings is 2. The third-order valence-electron chi connectivity index (χ3n) is 5.40. The molecule has 0 atom stereocenters. The number of fused-ring (bicyclic) bond motifs is 1. The van der Waals surface area contributed by atoms with Gasteiger partial charge in [0.2, 0.25) is 5.91 Å². The van der Waals surface area contributed by atoms with Crippen molar-refractivity contribution in [1.29, 1.82) is 0 Å². The Balaban J connectivity index is 1.57. The number of pyridine rings is 1. The third-order valence-corrected chi connectivity index (χ3v) is 5.40. The minimum Gasteiger partial charge on any atom is -0.369 e. The minimum absolute atomic E-state index is 0.0304. The number of halogens is 1. The number of carbonyl (C=O) groups excluding carboxylic acids is 2. The average Bonchev–Trinajstić information content (AvgIpc) is 2.74. The molecular formula is C23H23FN4O2. The van der Waals surface area contributed by atoms with Gasteiger partial charge < -0.3 is 11.1 Å². The predicted octanol–water partition coefficient (Wildman–Crippen LogP) is 2.72. The largest absolute Gasteiger partial charge is 0.369 e. The highest BCUT2D eigenvalue weighted by Crippen LogP contribution is 2.25. The Labute approximate surface area is 173 Å². The van der Waals surface area contributed by atoms with Crippen LogP contribution < -0.4 is 11.1 Å². The number of rotatable bonds is 5. The number of para-hydroxylation sites is 1. The van der Waals surface area contributed by atoms with Crippen molar-refractivity contribution >= 4 is 22.7 Å². The molecule has 0 spiro atoms. The van der Waals surface area contributed by atoms with Gasteiger partial charge in [-0.3, -0.25) is 14.5 Å². The molecule has 1 fully saturated rings. The van der Waals surface area contributed by atoms with Gasteiger partial charge in [0.1, 0.15) is 5.82 Å². The first-order valence-electron chi connectivity index (χ1n) is 9.97. The molecule has 0 aliphatic carbocycles. The van der Waals surface area contributed by atoms with E-state index in [0.29, 0.717) is 29.9 Å². The van der Waals surface area contributed by atoms with Crippen molar-refractivity contribution in [2.45, 2.75) is 18.9 Å². The lowest BCUT2D eigenvalue weighted by molar-refractivity contribution is -0.119. The van der Waals surface area contributed by atoms with Gasteiger partial charge in [-0.25, -0.2) is 9.37 Å². The average molecular weight is 406 g/mol. The number of nitrogens with one attached hydrogen (secondary N) is 1. The van der Waals surface area contributed by atoms with Crippen molar-refractivity contribution in [3.63, 3.8) is 0 Å². The van der Waals surface area contributed by atoms with Gasteiger partial charge in [0.25, 0.3) is 5.91 Å². The number of primary amides is 1. The van der Waals surface area contributed by atoms with Gasteiger partial charge in [0.05, 0.1) is 23.3 Å². The zero-order valence-electron chi connectivity index (χ0n) is 16.5. The van der Waals surface area contributed by atoms with E-state index in [9.17, 15) is 14.0 Å². The van der Waals surface area contributed by atoms with Crippen LogP contribution in [0.25, 0.3) is 22.2 Å². The van der Waals surface area contributed by atoms with E-state index in [1.165, 1.54) is 12.1 Å². The maximum atomic E-state index is 13.3. The second-order valence-corrected chi connectivity index (χ2v) is 7.57. The van der Waals surface area contributed by atoms with E-state index in [4.69, 9.17) is 5.73 Å². The summed E-state index contributed by atoms with van der Waals surface area (Å²) in [6.45, 7) is 1.67. The Morgan fingerprint density at radius 1 is 1.10 bits per heavy atom. The summed E-state index contributed by atoms with van der Waals surface area (Å²) in [5.41, 5.74) is 7.88. The lowest BCUT2D eigenvalue weighted by atomic mass is 10.0. The second-order valence-electron chi connectivity index (χ2n) is 7.57. The van der Waals surface area contributed by atoms with E-state index >= 15 is 0 Å². The number of nitrogens with zero attached hydrogens (tertiary/aromatic N) is 2. The third kappa shape index (κ3) is 4.46. The van der Waals surface area contributed by atoms with Gasteiger partial charge in [-0.15, -0.1) is 0 Å². The van der Waals surface area contributed by atoms with Crippen LogP contribution in [0.15, 0.2) is 54.6 Å². The molecule has 1 aliphatic heterocycles. The Kier molecular flexibility index (Phi) is 5.72. The molecule has 1 saturated heterocycles. The van der Waals surface area contributed by atoms with Crippen molar-refractivity contribution in [3.05, 3.63) is 66.0 Å². The molecule has 1 aliphatic rings. The predicted molar refractivity (Wildman–Crippen MR) is 113 cm³/mol. The summed E-state index contributed by atoms with van der Waals surface area (Å²) in [5.74, 6) is -0.820. The molecular weight excluding hydrogens is 383 g/mol. The molecule has 30 heavy (non-hydrogen) atoms. The topological polar surface area (TPSA) is 88.3 Å². The van der Waals surface area contributed by atoms with Gasteiger partial charge in [-0.2, -0.15) is 0 Å². The summed E-state index contributed by atoms with van der Waals surface area (Å²) in [6, 6.07) is 15.3. The molecule has 3 aromatic rings. The molecule has 2 heterocycles. The monoisotopic (exact) mass is 406 g/mol. The lowest BCUT2D eigenvalue weighted by Crippen LogP contribution is -2.46. The van der Waals surface area contributed by atoms with Gasteiger partial charge >= 0.3 is 0 Å². The van der Waals surface area contributed by atoms with Gasteiger partial charge in [-0.1, -0.05) is 18.2 Å². The Morgan fingerprint density at radius 2 is 1.80 bits per heavy atom. The van der Waals surface area contributed by atoms with Crippen molar-refractivity contribution in [2.75, 3.05) is 19.6 Å². The highest BCUT2D eigenvalue weighted by atomic mass is 19.1. The molecule has 0 bridgehead atoms. The molecule has 2 amide bonds. The second kappa shape index (κ2) is 8.59. The molecule has 0 radical (unpaired) electrons. The summed E-state index contributed by atoms with van der Waals surface area (Å²) < 4.78 is 13.3. The number of hydrogen-bond acceptors (Lipinski definition) is 4. The standard InChI is InChI=1S/C23H23FN4O2/c24-16-7-5-15(6-8-16)21-13-19(18-3-1-2-4-20(18)27-21)23(30)26-17-9-11-28(12-10-17)14-22(25)29/h1-8,13,17H,9-12,14H2,(H2,25,29)(H,26,30). The van der Waals surface area contributed by atoms with Crippen LogP contribution in [0.2, 0.25) is 0 Å². The number of amides is 2. The molecule has 7 heteroatoms. The summed E-state index contributed by atoms with van der Waals surface area (Å²) in [5, 5.41) is 3.89. The SMILES string of the molecule is NC(=O)CN1CCC(NC(=O)c2cc(-c3ccc(F)cc3)nc3ccccc23)CC1. The van der Waals surface area contributed by atoms with E-state index in [1.807, 2.05) is 29.2 Å². The van der Waals surface area contributed by atoms with E-state index in [2.05, 4.69) is 10.3 Å². The number of aromatic nitrogens is 1. The van der Waals surface area contributed by atoms with Gasteiger partial charge in [0.15, 0.2) is 0 Å². The molecule has 3 N–H and O–H groups in total. The number of hydrogen-bond donors (Lipinski definition) is 2. The molecule has 4 rings (SSSR count). The first-order chi connectivity index (χ1) is 14.5. The molecule has 2 aromatic carbocycles. The first-order valence-corrected chi connectivity index (χ1v) is 9.97. The fraction of sp³-hybridized carbons (Fsp3) is 0.261. The number of carbonyl (C=O) groups is 2. The van der Waals surface area contributed by atoms with Crippen LogP contribution in [-0.4, -0.2) is 47.4 Å². The van der Waals surface area contributed by atoms with E-state index in [-0.39, 0.29) is 30.2 Å². The highest BCUT2D eigenvalue weighted by molar-refractivity contribution is 6.07. The van der Waals surface area contributed by atoms with Crippen LogP contribution in [0, 0.1) is 5.82 Å². The Hall–Kier alpha value is -3.32. The Bertz CT molecular complexity index is 1080. The molecule has 0 unspecified atom stereocenters. The van der Waals surface area contributed by atoms with E-state index in [0.717, 1.165) is 23.8 Å². The van der Waals surface area contributed by atoms with Crippen LogP contribution in [0.3, 0.4) is 0 Å². The molecule has 154 valence electrons. The molecule has 1 aromatic heterocycles. The normalized spacial score (nSPS) is 15.2. The van der Waals surface area contributed by atoms with Crippen molar-refractivity contribution in [2.24, 2.45) is 5.73 Å². The number of piperidine rings is 1. The molecule has 0 saturated carbocycles. The van der Waals surface area contributed by atoms with Crippen LogP contribution in [0.4, 0.5) is 4.39 Å². The number of nitrogens with two attached hydrogens (primary N) is 1. The van der Waals surface area contributed by atoms with Crippen LogP contribution >= 0.6 is 0 Å². The van der Waals surface area contributed by atoms with Gasteiger partial charge in [0, 0.05) is 30.1 Å². The summed E-state index contributed by atoms with van der Waals surface area (Å²) in [6.07, 6.45) is 1.51. The van der Waals surface area contributed by atoms with E-state index < -0.39 is 0 Å². The van der Waals surface area contributed by atoms with Crippen molar-refractivity contribution < 1.29 is 14.0 Å². The molecule has 6 nitrogen and oxygen atoms in total. The smallest absolute Gasteiger partial charge is 0.252 e. The van der Waals surface area contributed by atoms with Crippen molar-refractivity contribution in [3.8, 4) is 11.3 Å². The van der Waals surface area contributed by atoms with Crippen LogP contribution in [0.5, 0.6) is 0 Å². The minimum atomic E-state index is -0.339. The van der Waals surface area contributed by atoms with Crippen LogP contribution in [-0.2, 0) is 4.79 Å². The summed E-state index contributed by atoms with van der Waals surface area (Å²) >= 11 is 0. The zero-order chi connectivity index (χ0) is 21.1. The van der Waals surface area contributed by atoms with E-state index in [1.54, 1.807) is 18.2 Å². The maximum absolute atomic E-state index is 13.3. The highest BCUT2D eigenvalue weighted by Gasteiger charge is 2.23. The van der Waals surface area contributed by atoms with Crippen molar-refractivity contribution in [1.82, 2.24) is 15.2 Å². The fourth-order valence-corrected chi connectivity index (χ4v) is 3.85. The Morgan fingerprint density at radius 3 is 2.50 bits per heavy atom. The zero-order valence-corrected chi connectivity index (χ0v) is 16.5. The maximum Gasteiger partial charge on any atom is 0.252 e. The number of likely N-dealkylation sites (tertiary alicyclic amines) is 1. The van der Waals surface area contributed by atoms with Gasteiger partial charge in [-0.05, 0) is 49.2 Å². The fourth-order valence-electron chi connectivity index (χ4n) is 3.85. The first kappa shape index (κ1) is 20.0. The lowest BCUT2D eigenvalue weighted by Gasteiger charge is -2.31. The quantitative estimate of drug-likeness (QED) is 0.682. The summed E-state index contributed by atoms with van der Waals surface area (Å²) in [7, 11) is 0. The summed E-state index contributed by atoms with van der Waals surface area (Å²) in [4.78, 5) is 30.9. The van der Waals surface area contributed by atoms with Crippen LogP contribution in [0.1, 0.15) is 23.2 Å².